The fraction of sp³-hybridized carbons (Fsp3) is 0.417. The summed E-state index contributed by atoms with van der Waals surface area (Å²) in [7, 11) is 1.58. The van der Waals surface area contributed by atoms with Gasteiger partial charge in [0.25, 0.3) is 5.91 Å². The Morgan fingerprint density at radius 3 is 3.00 bits per heavy atom. The highest BCUT2D eigenvalue weighted by Gasteiger charge is 2.29. The number of methoxy groups -OCH3 is 1. The van der Waals surface area contributed by atoms with Crippen LogP contribution in [-0.4, -0.2) is 38.3 Å². The summed E-state index contributed by atoms with van der Waals surface area (Å²) in [5.41, 5.74) is -0.0128. The van der Waals surface area contributed by atoms with E-state index < -0.39 is 11.7 Å². The highest BCUT2D eigenvalue weighted by molar-refractivity contribution is 6.30. The van der Waals surface area contributed by atoms with E-state index in [9.17, 15) is 9.18 Å². The zero-order valence-electron chi connectivity index (χ0n) is 9.87. The predicted molar refractivity (Wildman–Crippen MR) is 66.3 cm³/mol. The van der Waals surface area contributed by atoms with E-state index in [1.54, 1.807) is 7.11 Å². The lowest BCUT2D eigenvalue weighted by atomic mass is 10.1. The van der Waals surface area contributed by atoms with Crippen LogP contribution in [0.1, 0.15) is 10.4 Å². The molecule has 18 heavy (non-hydrogen) atoms. The third-order valence-corrected chi connectivity index (χ3v) is 3.19. The lowest BCUT2D eigenvalue weighted by Crippen LogP contribution is -2.43. The Morgan fingerprint density at radius 2 is 2.33 bits per heavy atom. The van der Waals surface area contributed by atoms with Crippen molar-refractivity contribution in [3.05, 3.63) is 34.6 Å². The first-order chi connectivity index (χ1) is 8.61. The fourth-order valence-electron chi connectivity index (χ4n) is 1.97. The Bertz CT molecular complexity index is 456. The molecule has 2 atom stereocenters. The molecule has 1 aliphatic rings. The third kappa shape index (κ3) is 2.80. The maximum absolute atomic E-state index is 13.6. The fourth-order valence-corrected chi connectivity index (χ4v) is 2.12. The monoisotopic (exact) mass is 272 g/mol. The van der Waals surface area contributed by atoms with Crippen molar-refractivity contribution in [2.45, 2.75) is 12.1 Å². The van der Waals surface area contributed by atoms with Gasteiger partial charge in [-0.05, 0) is 18.2 Å². The summed E-state index contributed by atoms with van der Waals surface area (Å²) in [4.78, 5) is 11.9. The molecule has 1 aromatic carbocycles. The normalized spacial score (nSPS) is 23.1. The van der Waals surface area contributed by atoms with Crippen LogP contribution in [0.4, 0.5) is 4.39 Å². The summed E-state index contributed by atoms with van der Waals surface area (Å²) in [6, 6.07) is 3.83. The van der Waals surface area contributed by atoms with Gasteiger partial charge in [0.15, 0.2) is 0 Å². The SMILES string of the molecule is CO[C@H]1CNCC1NC(=O)c1ccc(Cl)cc1F. The van der Waals surface area contributed by atoms with E-state index in [-0.39, 0.29) is 22.7 Å². The van der Waals surface area contributed by atoms with Crippen molar-refractivity contribution in [3.63, 3.8) is 0 Å². The maximum atomic E-state index is 13.6. The molecular formula is C12H14ClFN2O2. The molecule has 0 aromatic heterocycles. The summed E-state index contributed by atoms with van der Waals surface area (Å²) in [6.07, 6.45) is -0.0932. The van der Waals surface area contributed by atoms with Crippen molar-refractivity contribution < 1.29 is 13.9 Å². The van der Waals surface area contributed by atoms with E-state index in [0.29, 0.717) is 13.1 Å². The van der Waals surface area contributed by atoms with E-state index >= 15 is 0 Å². The molecule has 2 N–H and O–H groups in total. The first-order valence-corrected chi connectivity index (χ1v) is 5.99. The topological polar surface area (TPSA) is 50.4 Å². The zero-order valence-corrected chi connectivity index (χ0v) is 10.6. The molecule has 4 nitrogen and oxygen atoms in total. The number of carbonyl (C=O) groups excluding carboxylic acids is 1. The van der Waals surface area contributed by atoms with Crippen molar-refractivity contribution in [2.75, 3.05) is 20.2 Å². The maximum Gasteiger partial charge on any atom is 0.254 e. The molecular weight excluding hydrogens is 259 g/mol. The molecule has 0 spiro atoms. The largest absolute Gasteiger partial charge is 0.378 e. The molecule has 1 amide bonds. The van der Waals surface area contributed by atoms with E-state index in [4.69, 9.17) is 16.3 Å². The summed E-state index contributed by atoms with van der Waals surface area (Å²) < 4.78 is 18.8. The van der Waals surface area contributed by atoms with Crippen LogP contribution in [0.3, 0.4) is 0 Å². The van der Waals surface area contributed by atoms with Crippen LogP contribution in [0.25, 0.3) is 0 Å². The second kappa shape index (κ2) is 5.65. The molecule has 0 saturated carbocycles. The highest BCUT2D eigenvalue weighted by Crippen LogP contribution is 2.15. The minimum atomic E-state index is -0.625. The second-order valence-electron chi connectivity index (χ2n) is 4.14. The first-order valence-electron chi connectivity index (χ1n) is 5.61. The highest BCUT2D eigenvalue weighted by atomic mass is 35.5. The van der Waals surface area contributed by atoms with E-state index in [0.717, 1.165) is 6.07 Å². The van der Waals surface area contributed by atoms with Crippen LogP contribution in [0, 0.1) is 5.82 Å². The average Bonchev–Trinajstić information content (AvgIpc) is 2.76. The first kappa shape index (κ1) is 13.3. The lowest BCUT2D eigenvalue weighted by Gasteiger charge is -2.18. The van der Waals surface area contributed by atoms with E-state index in [1.165, 1.54) is 12.1 Å². The number of amides is 1. The third-order valence-electron chi connectivity index (χ3n) is 2.95. The van der Waals surface area contributed by atoms with Gasteiger partial charge in [0.05, 0.1) is 17.7 Å². The van der Waals surface area contributed by atoms with E-state index in [1.807, 2.05) is 0 Å². The number of nitrogens with one attached hydrogen (secondary N) is 2. The van der Waals surface area contributed by atoms with Crippen LogP contribution >= 0.6 is 11.6 Å². The molecule has 0 bridgehead atoms. The number of carbonyl (C=O) groups is 1. The van der Waals surface area contributed by atoms with Gasteiger partial charge >= 0.3 is 0 Å². The van der Waals surface area contributed by atoms with E-state index in [2.05, 4.69) is 10.6 Å². The molecule has 1 heterocycles. The molecule has 1 aliphatic heterocycles. The van der Waals surface area contributed by atoms with Crippen LogP contribution in [0.15, 0.2) is 18.2 Å². The van der Waals surface area contributed by atoms with Gasteiger partial charge in [-0.2, -0.15) is 0 Å². The van der Waals surface area contributed by atoms with Gasteiger partial charge in [-0.3, -0.25) is 4.79 Å². The lowest BCUT2D eigenvalue weighted by molar-refractivity contribution is 0.0777. The van der Waals surface area contributed by atoms with Crippen LogP contribution in [-0.2, 0) is 4.74 Å². The van der Waals surface area contributed by atoms with Crippen molar-refractivity contribution in [3.8, 4) is 0 Å². The van der Waals surface area contributed by atoms with Gasteiger partial charge in [0, 0.05) is 25.2 Å². The Kier molecular flexibility index (Phi) is 4.16. The molecule has 98 valence electrons. The Balaban J connectivity index is 2.07. The summed E-state index contributed by atoms with van der Waals surface area (Å²) in [5.74, 6) is -1.08. The van der Waals surface area contributed by atoms with Crippen molar-refractivity contribution in [2.24, 2.45) is 0 Å². The van der Waals surface area contributed by atoms with Crippen LogP contribution < -0.4 is 10.6 Å². The smallest absolute Gasteiger partial charge is 0.254 e. The summed E-state index contributed by atoms with van der Waals surface area (Å²) in [6.45, 7) is 1.28. The second-order valence-corrected chi connectivity index (χ2v) is 4.57. The molecule has 1 fully saturated rings. The van der Waals surface area contributed by atoms with Gasteiger partial charge in [0.1, 0.15) is 5.82 Å². The molecule has 1 unspecified atom stereocenters. The van der Waals surface area contributed by atoms with Crippen molar-refractivity contribution >= 4 is 17.5 Å². The van der Waals surface area contributed by atoms with Gasteiger partial charge in [-0.25, -0.2) is 4.39 Å². The van der Waals surface area contributed by atoms with Gasteiger partial charge in [-0.1, -0.05) is 11.6 Å². The molecule has 1 aromatic rings. The van der Waals surface area contributed by atoms with Crippen molar-refractivity contribution in [1.29, 1.82) is 0 Å². The Hall–Kier alpha value is -1.17. The summed E-state index contributed by atoms with van der Waals surface area (Å²) >= 11 is 5.64. The number of hydrogen-bond donors (Lipinski definition) is 2. The number of halogens is 2. The van der Waals surface area contributed by atoms with Gasteiger partial charge < -0.3 is 15.4 Å². The quantitative estimate of drug-likeness (QED) is 0.869. The van der Waals surface area contributed by atoms with Gasteiger partial charge in [0.2, 0.25) is 0 Å². The standard InChI is InChI=1S/C12H14ClFN2O2/c1-18-11-6-15-5-10(11)16-12(17)8-3-2-7(13)4-9(8)14/h2-4,10-11,15H,5-6H2,1H3,(H,16,17)/t10?,11-/m0/s1. The van der Waals surface area contributed by atoms with Crippen molar-refractivity contribution in [1.82, 2.24) is 10.6 Å². The number of rotatable bonds is 3. The number of benzene rings is 1. The average molecular weight is 273 g/mol. The molecule has 0 radical (unpaired) electrons. The molecule has 1 saturated heterocycles. The molecule has 0 aliphatic carbocycles. The zero-order chi connectivity index (χ0) is 13.1. The van der Waals surface area contributed by atoms with Crippen LogP contribution in [0.5, 0.6) is 0 Å². The minimum Gasteiger partial charge on any atom is -0.378 e. The predicted octanol–water partition coefficient (Wildman–Crippen LogP) is 1.20. The molecule has 2 rings (SSSR count). The van der Waals surface area contributed by atoms with Gasteiger partial charge in [-0.15, -0.1) is 0 Å². The van der Waals surface area contributed by atoms with Crippen LogP contribution in [0.2, 0.25) is 5.02 Å². The summed E-state index contributed by atoms with van der Waals surface area (Å²) in [5, 5.41) is 6.11. The number of ether oxygens (including phenoxy) is 1. The Morgan fingerprint density at radius 1 is 1.56 bits per heavy atom. The Labute approximate surface area is 109 Å². The minimum absolute atomic E-state index is 0.0128. The number of hydrogen-bond acceptors (Lipinski definition) is 3. The molecule has 6 heteroatoms.